The van der Waals surface area contributed by atoms with Gasteiger partial charge in [0.2, 0.25) is 12.1 Å². The number of aliphatic hydroxyl groups excluding tert-OH is 2. The Morgan fingerprint density at radius 3 is 2.64 bits per heavy atom. The van der Waals surface area contributed by atoms with Crippen molar-refractivity contribution < 1.29 is 48.3 Å². The van der Waals surface area contributed by atoms with Gasteiger partial charge in [-0.1, -0.05) is 37.1 Å². The predicted molar refractivity (Wildman–Crippen MR) is 208 cm³/mol. The fourth-order valence-corrected chi connectivity index (χ4v) is 8.82. The first-order chi connectivity index (χ1) is 26.8. The maximum absolute atomic E-state index is 14.0. The van der Waals surface area contributed by atoms with Crippen LogP contribution in [0.1, 0.15) is 96.0 Å². The molecule has 0 radical (unpaired) electrons. The van der Waals surface area contributed by atoms with Gasteiger partial charge in [0.15, 0.2) is 0 Å². The van der Waals surface area contributed by atoms with E-state index in [0.717, 1.165) is 49.7 Å². The Balaban J connectivity index is 1.76. The van der Waals surface area contributed by atoms with Gasteiger partial charge in [0, 0.05) is 50.6 Å². The topological polar surface area (TPSA) is 158 Å². The normalized spacial score (nSPS) is 27.5. The number of nitrogens with one attached hydrogen (secondary N) is 1. The van der Waals surface area contributed by atoms with Gasteiger partial charge in [-0.3, -0.25) is 4.90 Å². The maximum atomic E-state index is 14.0. The largest absolute Gasteiger partial charge is 0.459 e. The minimum absolute atomic E-state index is 0.0125. The van der Waals surface area contributed by atoms with Crippen LogP contribution in [-0.4, -0.2) is 103 Å². The first kappa shape index (κ1) is 42.8. The van der Waals surface area contributed by atoms with Crippen molar-refractivity contribution in [1.29, 1.82) is 0 Å². The van der Waals surface area contributed by atoms with Gasteiger partial charge in [-0.2, -0.15) is 0 Å². The summed E-state index contributed by atoms with van der Waals surface area (Å²) in [7, 11) is 0. The Morgan fingerprint density at radius 1 is 1.15 bits per heavy atom. The van der Waals surface area contributed by atoms with E-state index < -0.39 is 36.2 Å². The first-order valence-electron chi connectivity index (χ1n) is 20.2. The molecule has 1 aromatic carbocycles. The van der Waals surface area contributed by atoms with Gasteiger partial charge in [0.1, 0.15) is 24.1 Å². The molecule has 0 spiro atoms. The van der Waals surface area contributed by atoms with Gasteiger partial charge in [0.05, 0.1) is 30.7 Å². The summed E-state index contributed by atoms with van der Waals surface area (Å²) in [6.07, 6.45) is 10.3. The number of fused-ring (bicyclic) bond motifs is 2. The third-order valence-electron chi connectivity index (χ3n) is 11.0. The van der Waals surface area contributed by atoms with Gasteiger partial charge in [-0.25, -0.2) is 9.59 Å². The highest BCUT2D eigenvalue weighted by molar-refractivity contribution is 6.18. The third-order valence-corrected chi connectivity index (χ3v) is 11.1. The van der Waals surface area contributed by atoms with Crippen LogP contribution in [0.3, 0.4) is 0 Å². The Morgan fingerprint density at radius 2 is 1.95 bits per heavy atom. The van der Waals surface area contributed by atoms with E-state index in [2.05, 4.69) is 18.0 Å². The SMILES string of the molecule is C=CCOC12Oc3ccc(OC(=O)NCC)cc3C3C(CCCCO)C(CCCCO)C=C(C(=NOC4CCCCO4)CC1N(CCC)C(=O)OCCCl)C32. The van der Waals surface area contributed by atoms with E-state index >= 15 is 0 Å². The third kappa shape index (κ3) is 10.2. The summed E-state index contributed by atoms with van der Waals surface area (Å²) in [5.41, 5.74) is 2.42. The second kappa shape index (κ2) is 21.2. The molecule has 2 aliphatic heterocycles. The molecule has 2 aliphatic carbocycles. The van der Waals surface area contributed by atoms with Crippen LogP contribution in [0, 0.1) is 17.8 Å². The van der Waals surface area contributed by atoms with Crippen molar-refractivity contribution in [3.05, 3.63) is 48.1 Å². The maximum Gasteiger partial charge on any atom is 0.412 e. The molecule has 13 nitrogen and oxygen atoms in total. The van der Waals surface area contributed by atoms with E-state index in [0.29, 0.717) is 62.6 Å². The molecule has 7 unspecified atom stereocenters. The number of allylic oxidation sites excluding steroid dienone is 1. The minimum Gasteiger partial charge on any atom is -0.459 e. The molecule has 2 heterocycles. The zero-order valence-corrected chi connectivity index (χ0v) is 33.2. The average molecular weight is 790 g/mol. The first-order valence-corrected chi connectivity index (χ1v) is 20.7. The summed E-state index contributed by atoms with van der Waals surface area (Å²) in [6, 6.07) is 4.67. The van der Waals surface area contributed by atoms with Crippen molar-refractivity contribution in [2.24, 2.45) is 22.9 Å². The monoisotopic (exact) mass is 789 g/mol. The molecule has 55 heavy (non-hydrogen) atoms. The molecular formula is C41H60ClN3O10. The van der Waals surface area contributed by atoms with Crippen LogP contribution in [0.15, 0.2) is 47.7 Å². The van der Waals surface area contributed by atoms with Crippen molar-refractivity contribution in [1.82, 2.24) is 10.2 Å². The summed E-state index contributed by atoms with van der Waals surface area (Å²) in [4.78, 5) is 34.5. The Hall–Kier alpha value is -3.36. The fourth-order valence-electron chi connectivity index (χ4n) is 8.74. The zero-order chi connectivity index (χ0) is 39.2. The van der Waals surface area contributed by atoms with Crippen LogP contribution in [0.2, 0.25) is 0 Å². The number of unbranched alkanes of at least 4 members (excludes halogenated alkanes) is 2. The Bertz CT molecular complexity index is 1490. The number of halogens is 1. The summed E-state index contributed by atoms with van der Waals surface area (Å²) < 4.78 is 31.5. The van der Waals surface area contributed by atoms with E-state index in [1.165, 1.54) is 0 Å². The number of carbonyl (C=O) groups excluding carboxylic acids is 2. The molecular weight excluding hydrogens is 730 g/mol. The van der Waals surface area contributed by atoms with Crippen LogP contribution in [0.25, 0.3) is 0 Å². The molecule has 1 aromatic rings. The quantitative estimate of drug-likeness (QED) is 0.0542. The van der Waals surface area contributed by atoms with Gasteiger partial charge in [0.25, 0.3) is 0 Å². The van der Waals surface area contributed by atoms with Gasteiger partial charge >= 0.3 is 12.2 Å². The number of hydrogen-bond donors (Lipinski definition) is 3. The average Bonchev–Trinajstić information content (AvgIpc) is 3.19. The number of oxime groups is 1. The number of alkyl halides is 1. The fraction of sp³-hybridized carbons (Fsp3) is 0.683. The highest BCUT2D eigenvalue weighted by Gasteiger charge is 2.65. The lowest BCUT2D eigenvalue weighted by Crippen LogP contribution is -2.70. The molecule has 0 aromatic heterocycles. The number of nitrogens with zero attached hydrogens (tertiary/aromatic N) is 2. The van der Waals surface area contributed by atoms with Crippen molar-refractivity contribution >= 4 is 29.5 Å². The molecule has 1 saturated heterocycles. The van der Waals surface area contributed by atoms with Crippen molar-refractivity contribution in [3.63, 3.8) is 0 Å². The molecule has 2 fully saturated rings. The van der Waals surface area contributed by atoms with E-state index in [4.69, 9.17) is 45.3 Å². The lowest BCUT2D eigenvalue weighted by Gasteiger charge is -2.59. The van der Waals surface area contributed by atoms with Gasteiger partial charge in [-0.15, -0.1) is 18.2 Å². The predicted octanol–water partition coefficient (Wildman–Crippen LogP) is 7.04. The molecule has 1 saturated carbocycles. The minimum atomic E-state index is -1.43. The second-order valence-electron chi connectivity index (χ2n) is 14.6. The second-order valence-corrected chi connectivity index (χ2v) is 15.0. The van der Waals surface area contributed by atoms with Gasteiger partial charge < -0.3 is 44.1 Å². The number of rotatable bonds is 20. The van der Waals surface area contributed by atoms with Crippen molar-refractivity contribution in [3.8, 4) is 11.5 Å². The highest BCUT2D eigenvalue weighted by atomic mass is 35.5. The van der Waals surface area contributed by atoms with Crippen molar-refractivity contribution in [2.45, 2.75) is 109 Å². The summed E-state index contributed by atoms with van der Waals surface area (Å²) in [5.74, 6) is -1.09. The number of amides is 2. The molecule has 4 aliphatic rings. The van der Waals surface area contributed by atoms with Crippen LogP contribution in [0.5, 0.6) is 11.5 Å². The number of carbonyl (C=O) groups is 2. The lowest BCUT2D eigenvalue weighted by atomic mass is 9.55. The number of ether oxygens (including phenoxy) is 5. The van der Waals surface area contributed by atoms with E-state index in [1.807, 2.05) is 26.0 Å². The van der Waals surface area contributed by atoms with E-state index in [1.54, 1.807) is 17.0 Å². The van der Waals surface area contributed by atoms with Crippen LogP contribution in [0.4, 0.5) is 9.59 Å². The number of hydrogen-bond acceptors (Lipinski definition) is 11. The molecule has 14 heteroatoms. The smallest absolute Gasteiger partial charge is 0.412 e. The van der Waals surface area contributed by atoms with E-state index in [-0.39, 0.29) is 56.5 Å². The highest BCUT2D eigenvalue weighted by Crippen LogP contribution is 2.62. The number of aliphatic hydroxyl groups is 2. The van der Waals surface area contributed by atoms with Crippen LogP contribution < -0.4 is 14.8 Å². The zero-order valence-electron chi connectivity index (χ0n) is 32.4. The Labute approximate surface area is 330 Å². The molecule has 306 valence electrons. The Kier molecular flexibility index (Phi) is 16.5. The number of benzene rings is 1. The van der Waals surface area contributed by atoms with Crippen LogP contribution >= 0.6 is 11.6 Å². The molecule has 7 atom stereocenters. The summed E-state index contributed by atoms with van der Waals surface area (Å²) >= 11 is 5.99. The molecule has 5 rings (SSSR count). The molecule has 2 amide bonds. The lowest BCUT2D eigenvalue weighted by molar-refractivity contribution is -0.255. The standard InChI is InChI=1S/C41H60ClN3O10/c1-4-19-45(40(49)51-24-18-42)35-27-33(44-55-36-15-9-12-23-50-36)31-25-28(13-7-10-20-46)30(14-8-11-21-47)37-32-26-29(53-39(48)43-6-3)16-17-34(32)54-41(35,38(31)37)52-22-5-2/h5,16-17,25-26,28,30,35-38,46-47H,2,4,6-15,18-24,27H2,1,3H3,(H,43,48). The summed E-state index contributed by atoms with van der Waals surface area (Å²) in [5, 5.41) is 27.2. The van der Waals surface area contributed by atoms with Crippen molar-refractivity contribution in [2.75, 3.05) is 52.0 Å². The van der Waals surface area contributed by atoms with Gasteiger partial charge in [-0.05, 0) is 87.5 Å². The van der Waals surface area contributed by atoms with E-state index in [9.17, 15) is 19.8 Å². The summed E-state index contributed by atoms with van der Waals surface area (Å²) in [6.45, 7) is 9.48. The molecule has 3 N–H and O–H groups in total. The molecule has 0 bridgehead atoms. The van der Waals surface area contributed by atoms with Crippen LogP contribution in [-0.2, 0) is 19.0 Å².